The van der Waals surface area contributed by atoms with Gasteiger partial charge in [0.05, 0.1) is 30.5 Å². The molecule has 2 heterocycles. The normalized spacial score (nSPS) is 20.2. The van der Waals surface area contributed by atoms with Gasteiger partial charge < -0.3 is 19.5 Å². The third kappa shape index (κ3) is 5.48. The lowest BCUT2D eigenvalue weighted by molar-refractivity contribution is -0.128. The van der Waals surface area contributed by atoms with Gasteiger partial charge in [-0.05, 0) is 30.7 Å². The van der Waals surface area contributed by atoms with Gasteiger partial charge in [-0.1, -0.05) is 0 Å². The van der Waals surface area contributed by atoms with E-state index >= 15 is 0 Å². The number of carbonyl (C=O) groups excluding carboxylic acids is 1. The number of halogens is 1. The summed E-state index contributed by atoms with van der Waals surface area (Å²) >= 11 is 1.51. The lowest BCUT2D eigenvalue weighted by Crippen LogP contribution is -2.51. The molecule has 0 spiro atoms. The minimum atomic E-state index is -0.348. The molecule has 1 aromatic carbocycles. The topological polar surface area (TPSA) is 69.7 Å². The first kappa shape index (κ1) is 17.8. The van der Waals surface area contributed by atoms with Gasteiger partial charge in [-0.3, -0.25) is 4.79 Å². The number of carbonyl (C=O) groups is 1. The molecule has 0 aliphatic carbocycles. The van der Waals surface area contributed by atoms with Crippen molar-refractivity contribution in [3.63, 3.8) is 0 Å². The lowest BCUT2D eigenvalue weighted by Gasteiger charge is -2.31. The fourth-order valence-electron chi connectivity index (χ4n) is 2.47. The molecular weight excluding hydrogens is 347 g/mol. The molecule has 1 fully saturated rings. The summed E-state index contributed by atoms with van der Waals surface area (Å²) in [6.07, 6.45) is 0.439. The van der Waals surface area contributed by atoms with Gasteiger partial charge in [0.2, 0.25) is 0 Å². The molecule has 0 saturated carbocycles. The Balaban J connectivity index is 1.46. The van der Waals surface area contributed by atoms with Crippen LogP contribution in [0.3, 0.4) is 0 Å². The van der Waals surface area contributed by atoms with Crippen molar-refractivity contribution < 1.29 is 23.4 Å². The molecule has 2 aromatic rings. The van der Waals surface area contributed by atoms with Crippen molar-refractivity contribution in [2.45, 2.75) is 25.2 Å². The molecule has 1 aliphatic heterocycles. The highest BCUT2D eigenvalue weighted by Gasteiger charge is 2.28. The van der Waals surface area contributed by atoms with E-state index in [2.05, 4.69) is 10.3 Å². The van der Waals surface area contributed by atoms with E-state index in [0.29, 0.717) is 32.0 Å². The average Bonchev–Trinajstić information content (AvgIpc) is 3.14. The highest BCUT2D eigenvalue weighted by molar-refractivity contribution is 7.07. The third-order valence-corrected chi connectivity index (χ3v) is 4.40. The largest absolute Gasteiger partial charge is 0.484 e. The van der Waals surface area contributed by atoms with Gasteiger partial charge in [0.25, 0.3) is 5.91 Å². The summed E-state index contributed by atoms with van der Waals surface area (Å²) < 4.78 is 29.5. The number of benzene rings is 1. The number of aromatic nitrogens is 1. The molecule has 0 radical (unpaired) electrons. The number of hydrogen-bond acceptors (Lipinski definition) is 6. The summed E-state index contributed by atoms with van der Waals surface area (Å²) in [6.45, 7) is 1.24. The second kappa shape index (κ2) is 8.89. The summed E-state index contributed by atoms with van der Waals surface area (Å²) in [5.74, 6) is -0.155. The summed E-state index contributed by atoms with van der Waals surface area (Å²) in [5, 5.41) is 4.84. The Morgan fingerprint density at radius 3 is 3.00 bits per heavy atom. The Kier molecular flexibility index (Phi) is 6.32. The van der Waals surface area contributed by atoms with Crippen LogP contribution in [0.5, 0.6) is 5.75 Å². The van der Waals surface area contributed by atoms with Crippen LogP contribution in [0.4, 0.5) is 4.39 Å². The van der Waals surface area contributed by atoms with Gasteiger partial charge in [-0.2, -0.15) is 0 Å². The Hall–Kier alpha value is -2.03. The smallest absolute Gasteiger partial charge is 0.258 e. The number of nitrogens with one attached hydrogen (secondary N) is 1. The predicted octanol–water partition coefficient (Wildman–Crippen LogP) is 2.15. The molecule has 1 aliphatic rings. The predicted molar refractivity (Wildman–Crippen MR) is 90.0 cm³/mol. The quantitative estimate of drug-likeness (QED) is 0.813. The van der Waals surface area contributed by atoms with Crippen LogP contribution in [0.25, 0.3) is 0 Å². The number of ether oxygens (including phenoxy) is 3. The van der Waals surface area contributed by atoms with Crippen molar-refractivity contribution in [2.75, 3.05) is 19.8 Å². The molecule has 3 rings (SSSR count). The van der Waals surface area contributed by atoms with Gasteiger partial charge in [-0.15, -0.1) is 11.3 Å². The molecule has 134 valence electrons. The Morgan fingerprint density at radius 2 is 2.24 bits per heavy atom. The standard InChI is InChI=1S/C17H19FN2O4S/c18-12-1-3-14(4-2-12)23-9-17(21)20-15-5-6-22-8-16(15)24-7-13-10-25-11-19-13/h1-4,10-11,15-16H,5-9H2,(H,20,21)/t15-,16-/m1/s1. The molecule has 0 bridgehead atoms. The van der Waals surface area contributed by atoms with Gasteiger partial charge >= 0.3 is 0 Å². The average molecular weight is 366 g/mol. The molecule has 1 aromatic heterocycles. The van der Waals surface area contributed by atoms with Crippen LogP contribution in [0.15, 0.2) is 35.2 Å². The number of nitrogens with zero attached hydrogens (tertiary/aromatic N) is 1. The Bertz CT molecular complexity index is 666. The van der Waals surface area contributed by atoms with E-state index in [4.69, 9.17) is 14.2 Å². The van der Waals surface area contributed by atoms with Crippen LogP contribution >= 0.6 is 11.3 Å². The number of hydrogen-bond donors (Lipinski definition) is 1. The molecule has 8 heteroatoms. The first-order valence-electron chi connectivity index (χ1n) is 7.95. The third-order valence-electron chi connectivity index (χ3n) is 3.76. The molecule has 1 saturated heterocycles. The summed E-state index contributed by atoms with van der Waals surface area (Å²) in [4.78, 5) is 16.3. The molecule has 2 atom stereocenters. The zero-order chi connectivity index (χ0) is 17.5. The van der Waals surface area contributed by atoms with Crippen LogP contribution in [-0.4, -0.2) is 42.9 Å². The van der Waals surface area contributed by atoms with Crippen molar-refractivity contribution in [2.24, 2.45) is 0 Å². The first-order valence-corrected chi connectivity index (χ1v) is 8.89. The van der Waals surface area contributed by atoms with E-state index in [-0.39, 0.29) is 30.5 Å². The highest BCUT2D eigenvalue weighted by Crippen LogP contribution is 2.15. The number of rotatable bonds is 7. The SMILES string of the molecule is O=C(COc1ccc(F)cc1)N[C@@H]1CCOC[C@H]1OCc1cscn1. The van der Waals surface area contributed by atoms with Crippen LogP contribution < -0.4 is 10.1 Å². The fraction of sp³-hybridized carbons (Fsp3) is 0.412. The lowest BCUT2D eigenvalue weighted by atomic mass is 10.1. The highest BCUT2D eigenvalue weighted by atomic mass is 32.1. The van der Waals surface area contributed by atoms with Gasteiger partial charge in [0.1, 0.15) is 17.7 Å². The van der Waals surface area contributed by atoms with Crippen molar-refractivity contribution in [3.05, 3.63) is 46.7 Å². The maximum atomic E-state index is 12.8. The van der Waals surface area contributed by atoms with Crippen LogP contribution in [-0.2, 0) is 20.9 Å². The second-order valence-electron chi connectivity index (χ2n) is 5.61. The zero-order valence-corrected chi connectivity index (χ0v) is 14.3. The summed E-state index contributed by atoms with van der Waals surface area (Å²) in [5.41, 5.74) is 2.61. The monoisotopic (exact) mass is 366 g/mol. The van der Waals surface area contributed by atoms with Gasteiger partial charge in [-0.25, -0.2) is 9.37 Å². The zero-order valence-electron chi connectivity index (χ0n) is 13.5. The second-order valence-corrected chi connectivity index (χ2v) is 6.33. The molecule has 1 N–H and O–H groups in total. The van der Waals surface area contributed by atoms with Gasteiger partial charge in [0.15, 0.2) is 6.61 Å². The van der Waals surface area contributed by atoms with E-state index in [9.17, 15) is 9.18 Å². The molecule has 6 nitrogen and oxygen atoms in total. The van der Waals surface area contributed by atoms with Crippen LogP contribution in [0, 0.1) is 5.82 Å². The van der Waals surface area contributed by atoms with E-state index < -0.39 is 0 Å². The first-order chi connectivity index (χ1) is 12.2. The van der Waals surface area contributed by atoms with Crippen molar-refractivity contribution >= 4 is 17.2 Å². The van der Waals surface area contributed by atoms with Crippen LogP contribution in [0.1, 0.15) is 12.1 Å². The Morgan fingerprint density at radius 1 is 1.40 bits per heavy atom. The van der Waals surface area contributed by atoms with Crippen LogP contribution in [0.2, 0.25) is 0 Å². The van der Waals surface area contributed by atoms with E-state index in [1.165, 1.54) is 35.6 Å². The van der Waals surface area contributed by atoms with Crippen molar-refractivity contribution in [1.82, 2.24) is 10.3 Å². The molecule has 25 heavy (non-hydrogen) atoms. The Labute approximate surface area is 148 Å². The van der Waals surface area contributed by atoms with E-state index in [1.54, 1.807) is 5.51 Å². The number of amides is 1. The van der Waals surface area contributed by atoms with Crippen molar-refractivity contribution in [3.8, 4) is 5.75 Å². The molecule has 0 unspecified atom stereocenters. The van der Waals surface area contributed by atoms with E-state index in [1.807, 2.05) is 5.38 Å². The minimum absolute atomic E-state index is 0.137. The molecular formula is C17H19FN2O4S. The minimum Gasteiger partial charge on any atom is -0.484 e. The summed E-state index contributed by atoms with van der Waals surface area (Å²) in [6, 6.07) is 5.40. The maximum absolute atomic E-state index is 12.8. The summed E-state index contributed by atoms with van der Waals surface area (Å²) in [7, 11) is 0. The van der Waals surface area contributed by atoms with Crippen molar-refractivity contribution in [1.29, 1.82) is 0 Å². The maximum Gasteiger partial charge on any atom is 0.258 e. The van der Waals surface area contributed by atoms with E-state index in [0.717, 1.165) is 5.69 Å². The molecule has 1 amide bonds. The number of thiazole rings is 1. The van der Waals surface area contributed by atoms with Gasteiger partial charge in [0, 0.05) is 12.0 Å². The fourth-order valence-corrected chi connectivity index (χ4v) is 3.01.